The molecule has 1 aliphatic rings. The molecule has 124 valence electrons. The predicted octanol–water partition coefficient (Wildman–Crippen LogP) is 4.08. The third-order valence-corrected chi connectivity index (χ3v) is 4.89. The number of piperazine rings is 1. The fourth-order valence-electron chi connectivity index (χ4n) is 2.71. The summed E-state index contributed by atoms with van der Waals surface area (Å²) in [6, 6.07) is 3.29. The Hall–Kier alpha value is -0.310. The molecule has 0 radical (unpaired) electrons. The van der Waals surface area contributed by atoms with Gasteiger partial charge in [0.15, 0.2) is 0 Å². The van der Waals surface area contributed by atoms with E-state index < -0.39 is 12.6 Å². The van der Waals surface area contributed by atoms with Crippen LogP contribution in [0.25, 0.3) is 0 Å². The fraction of sp³-hybridized carbons (Fsp3) is 0.571. The highest BCUT2D eigenvalue weighted by atomic mass is 79.9. The first kappa shape index (κ1) is 18.0. The van der Waals surface area contributed by atoms with Gasteiger partial charge in [-0.05, 0) is 40.0 Å². The molecule has 0 saturated carbocycles. The number of halogens is 5. The minimum Gasteiger partial charge on any atom is -0.398 e. The van der Waals surface area contributed by atoms with Gasteiger partial charge in [0.1, 0.15) is 0 Å². The Labute approximate surface area is 144 Å². The van der Waals surface area contributed by atoms with Gasteiger partial charge in [-0.3, -0.25) is 4.90 Å². The topological polar surface area (TPSA) is 41.3 Å². The van der Waals surface area contributed by atoms with Gasteiger partial charge in [0.05, 0.1) is 5.69 Å². The van der Waals surface area contributed by atoms with Crippen LogP contribution >= 0.6 is 31.9 Å². The number of benzene rings is 1. The summed E-state index contributed by atoms with van der Waals surface area (Å²) >= 11 is 6.76. The van der Waals surface area contributed by atoms with Crippen molar-refractivity contribution in [1.82, 2.24) is 10.2 Å². The minimum absolute atomic E-state index is 0.0105. The van der Waals surface area contributed by atoms with E-state index in [4.69, 9.17) is 5.73 Å². The molecule has 0 unspecified atom stereocenters. The van der Waals surface area contributed by atoms with Crippen molar-refractivity contribution in [3.63, 3.8) is 0 Å². The summed E-state index contributed by atoms with van der Waals surface area (Å²) in [5.41, 5.74) is 7.36. The Morgan fingerprint density at radius 3 is 2.45 bits per heavy atom. The summed E-state index contributed by atoms with van der Waals surface area (Å²) in [5, 5.41) is 3.22. The average molecular weight is 445 g/mol. The maximum Gasteiger partial charge on any atom is 0.389 e. The van der Waals surface area contributed by atoms with Crippen molar-refractivity contribution in [2.75, 3.05) is 31.9 Å². The molecule has 1 aromatic rings. The van der Waals surface area contributed by atoms with Gasteiger partial charge in [0.25, 0.3) is 0 Å². The highest BCUT2D eigenvalue weighted by Gasteiger charge is 2.32. The average Bonchev–Trinajstić information content (AvgIpc) is 2.44. The summed E-state index contributed by atoms with van der Waals surface area (Å²) in [6.07, 6.45) is -4.97. The largest absolute Gasteiger partial charge is 0.398 e. The van der Waals surface area contributed by atoms with Crippen LogP contribution in [-0.2, 0) is 0 Å². The van der Waals surface area contributed by atoms with Crippen LogP contribution in [0.3, 0.4) is 0 Å². The van der Waals surface area contributed by atoms with Crippen LogP contribution in [0.4, 0.5) is 18.9 Å². The van der Waals surface area contributed by atoms with Crippen LogP contribution < -0.4 is 11.1 Å². The van der Waals surface area contributed by atoms with Crippen molar-refractivity contribution in [3.8, 4) is 0 Å². The molecule has 1 saturated heterocycles. The van der Waals surface area contributed by atoms with Gasteiger partial charge in [-0.1, -0.05) is 15.9 Å². The van der Waals surface area contributed by atoms with E-state index in [1.54, 1.807) is 6.07 Å². The first-order valence-corrected chi connectivity index (χ1v) is 8.62. The van der Waals surface area contributed by atoms with Gasteiger partial charge in [-0.25, -0.2) is 0 Å². The van der Waals surface area contributed by atoms with Crippen molar-refractivity contribution in [1.29, 1.82) is 0 Å². The second-order valence-electron chi connectivity index (χ2n) is 5.35. The zero-order chi connectivity index (χ0) is 16.3. The van der Waals surface area contributed by atoms with E-state index in [1.165, 1.54) is 0 Å². The lowest BCUT2D eigenvalue weighted by atomic mass is 9.97. The molecule has 1 heterocycles. The molecule has 3 N–H and O–H groups in total. The summed E-state index contributed by atoms with van der Waals surface area (Å²) < 4.78 is 39.5. The predicted molar refractivity (Wildman–Crippen MR) is 88.7 cm³/mol. The number of nitrogens with zero attached hydrogens (tertiary/aromatic N) is 1. The van der Waals surface area contributed by atoms with Gasteiger partial charge in [0, 0.05) is 47.6 Å². The molecule has 2 rings (SSSR count). The zero-order valence-electron chi connectivity index (χ0n) is 11.9. The Morgan fingerprint density at radius 1 is 1.23 bits per heavy atom. The summed E-state index contributed by atoms with van der Waals surface area (Å²) in [7, 11) is 0. The molecule has 1 aromatic carbocycles. The molecule has 0 bridgehead atoms. The molecule has 0 aromatic heterocycles. The molecular weight excluding hydrogens is 427 g/mol. The molecule has 1 atom stereocenters. The summed E-state index contributed by atoms with van der Waals surface area (Å²) in [5.74, 6) is 0. The van der Waals surface area contributed by atoms with Crippen molar-refractivity contribution in [2.24, 2.45) is 0 Å². The number of hydrogen-bond acceptors (Lipinski definition) is 3. The molecular formula is C14H18Br2F3N3. The summed E-state index contributed by atoms with van der Waals surface area (Å²) in [6.45, 7) is 2.98. The minimum atomic E-state index is -4.16. The highest BCUT2D eigenvalue weighted by Crippen LogP contribution is 2.38. The molecule has 1 aliphatic heterocycles. The van der Waals surface area contributed by atoms with E-state index in [0.717, 1.165) is 23.1 Å². The van der Waals surface area contributed by atoms with E-state index in [-0.39, 0.29) is 12.5 Å². The molecule has 0 amide bonds. The van der Waals surface area contributed by atoms with Gasteiger partial charge in [0.2, 0.25) is 0 Å². The smallest absolute Gasteiger partial charge is 0.389 e. The molecule has 3 nitrogen and oxygen atoms in total. The van der Waals surface area contributed by atoms with Crippen LogP contribution in [0.5, 0.6) is 0 Å². The van der Waals surface area contributed by atoms with Crippen LogP contribution in [0.15, 0.2) is 21.1 Å². The number of anilines is 1. The Morgan fingerprint density at radius 2 is 1.86 bits per heavy atom. The first-order valence-electron chi connectivity index (χ1n) is 7.04. The Balaban J connectivity index is 2.30. The molecule has 1 fully saturated rings. The van der Waals surface area contributed by atoms with Gasteiger partial charge in [-0.15, -0.1) is 0 Å². The first-order chi connectivity index (χ1) is 10.3. The van der Waals surface area contributed by atoms with E-state index in [0.29, 0.717) is 23.2 Å². The number of hydrogen-bond donors (Lipinski definition) is 2. The van der Waals surface area contributed by atoms with Crippen LogP contribution in [0.2, 0.25) is 0 Å². The third-order valence-electron chi connectivity index (χ3n) is 3.78. The Kier molecular flexibility index (Phi) is 6.15. The van der Waals surface area contributed by atoms with Crippen LogP contribution in [0, 0.1) is 0 Å². The quantitative estimate of drug-likeness (QED) is 0.687. The SMILES string of the molecule is Nc1c(Br)cc(Br)cc1[C@H](CCC(F)(F)F)N1CCNCC1. The number of nitrogens with two attached hydrogens (primary N) is 1. The van der Waals surface area contributed by atoms with Gasteiger partial charge in [-0.2, -0.15) is 13.2 Å². The number of rotatable bonds is 4. The second kappa shape index (κ2) is 7.51. The number of nitrogen functional groups attached to an aromatic ring is 1. The van der Waals surface area contributed by atoms with Crippen molar-refractivity contribution >= 4 is 37.5 Å². The maximum atomic E-state index is 12.7. The fourth-order valence-corrected chi connectivity index (χ4v) is 3.97. The van der Waals surface area contributed by atoms with E-state index in [9.17, 15) is 13.2 Å². The van der Waals surface area contributed by atoms with Gasteiger partial charge < -0.3 is 11.1 Å². The van der Waals surface area contributed by atoms with Crippen LogP contribution in [0.1, 0.15) is 24.4 Å². The zero-order valence-corrected chi connectivity index (χ0v) is 15.1. The molecule has 0 spiro atoms. The lowest BCUT2D eigenvalue weighted by Gasteiger charge is -2.36. The van der Waals surface area contributed by atoms with E-state index >= 15 is 0 Å². The number of alkyl halides is 3. The lowest BCUT2D eigenvalue weighted by molar-refractivity contribution is -0.138. The normalized spacial score (nSPS) is 18.4. The van der Waals surface area contributed by atoms with Crippen molar-refractivity contribution < 1.29 is 13.2 Å². The number of nitrogens with one attached hydrogen (secondary N) is 1. The molecule has 22 heavy (non-hydrogen) atoms. The van der Waals surface area contributed by atoms with Crippen molar-refractivity contribution in [3.05, 3.63) is 26.6 Å². The third kappa shape index (κ3) is 4.84. The summed E-state index contributed by atoms with van der Waals surface area (Å²) in [4.78, 5) is 2.08. The standard InChI is InChI=1S/C14H18Br2F3N3/c15-9-7-10(13(20)11(16)8-9)12(1-2-14(17,18)19)22-5-3-21-4-6-22/h7-8,12,21H,1-6,20H2/t12-/m0/s1. The second-order valence-corrected chi connectivity index (χ2v) is 7.12. The lowest BCUT2D eigenvalue weighted by Crippen LogP contribution is -2.45. The van der Waals surface area contributed by atoms with E-state index in [2.05, 4.69) is 42.1 Å². The molecule has 8 heteroatoms. The van der Waals surface area contributed by atoms with Crippen LogP contribution in [-0.4, -0.2) is 37.3 Å². The Bertz CT molecular complexity index is 517. The monoisotopic (exact) mass is 443 g/mol. The van der Waals surface area contributed by atoms with E-state index in [1.807, 2.05) is 6.07 Å². The maximum absolute atomic E-state index is 12.7. The highest BCUT2D eigenvalue weighted by molar-refractivity contribution is 9.11. The van der Waals surface area contributed by atoms with Crippen molar-refractivity contribution in [2.45, 2.75) is 25.1 Å². The molecule has 0 aliphatic carbocycles. The van der Waals surface area contributed by atoms with Gasteiger partial charge >= 0.3 is 6.18 Å².